The summed E-state index contributed by atoms with van der Waals surface area (Å²) in [4.78, 5) is 13.7. The van der Waals surface area contributed by atoms with Gasteiger partial charge in [0.2, 0.25) is 0 Å². The zero-order valence-corrected chi connectivity index (χ0v) is 10.7. The van der Waals surface area contributed by atoms with Gasteiger partial charge in [-0.25, -0.2) is 0 Å². The van der Waals surface area contributed by atoms with E-state index in [-0.39, 0.29) is 5.97 Å². The first-order valence-corrected chi connectivity index (χ1v) is 6.45. The average Bonchev–Trinajstić information content (AvgIpc) is 2.64. The van der Waals surface area contributed by atoms with Crippen LogP contribution in [0.4, 0.5) is 0 Å². The van der Waals surface area contributed by atoms with E-state index in [0.717, 1.165) is 19.5 Å². The van der Waals surface area contributed by atoms with Crippen molar-refractivity contribution in [2.75, 3.05) is 13.2 Å². The van der Waals surface area contributed by atoms with Gasteiger partial charge in [-0.05, 0) is 38.9 Å². The highest BCUT2D eigenvalue weighted by atomic mass is 32.1. The fraction of sp³-hybridized carbons (Fsp3) is 0.583. The molecular weight excluding hydrogens is 222 g/mol. The highest BCUT2D eigenvalue weighted by Crippen LogP contribution is 2.14. The summed E-state index contributed by atoms with van der Waals surface area (Å²) >= 11 is 1.81. The van der Waals surface area contributed by atoms with Crippen molar-refractivity contribution in [3.63, 3.8) is 0 Å². The van der Waals surface area contributed by atoms with Crippen LogP contribution in [-0.4, -0.2) is 19.1 Å². The van der Waals surface area contributed by atoms with Crippen molar-refractivity contribution in [1.82, 2.24) is 5.32 Å². The predicted octanol–water partition coefficient (Wildman–Crippen LogP) is 2.49. The molecule has 0 amide bonds. The maximum absolute atomic E-state index is 11.0. The number of hydrogen-bond donors (Lipinski definition) is 1. The van der Waals surface area contributed by atoms with Crippen molar-refractivity contribution in [1.29, 1.82) is 0 Å². The van der Waals surface area contributed by atoms with E-state index in [2.05, 4.69) is 24.4 Å². The maximum atomic E-state index is 11.0. The number of carbonyl (C=O) groups is 1. The van der Waals surface area contributed by atoms with Crippen molar-refractivity contribution in [3.05, 3.63) is 21.9 Å². The first-order valence-electron chi connectivity index (χ1n) is 5.64. The van der Waals surface area contributed by atoms with Crippen LogP contribution < -0.4 is 5.32 Å². The lowest BCUT2D eigenvalue weighted by Crippen LogP contribution is -2.15. The maximum Gasteiger partial charge on any atom is 0.305 e. The molecule has 0 fully saturated rings. The average molecular weight is 241 g/mol. The van der Waals surface area contributed by atoms with Crippen LogP contribution in [0.15, 0.2) is 12.1 Å². The number of esters is 1. The topological polar surface area (TPSA) is 38.3 Å². The van der Waals surface area contributed by atoms with Crippen molar-refractivity contribution in [2.24, 2.45) is 0 Å². The Morgan fingerprint density at radius 3 is 2.94 bits per heavy atom. The molecule has 1 aromatic rings. The van der Waals surface area contributed by atoms with Gasteiger partial charge in [-0.2, -0.15) is 0 Å². The molecule has 0 aliphatic rings. The fourth-order valence-corrected chi connectivity index (χ4v) is 2.24. The molecule has 0 aliphatic heterocycles. The second kappa shape index (κ2) is 7.41. The molecule has 0 aromatic carbocycles. The third kappa shape index (κ3) is 5.28. The zero-order chi connectivity index (χ0) is 11.8. The molecule has 16 heavy (non-hydrogen) atoms. The van der Waals surface area contributed by atoms with Crippen LogP contribution in [0.2, 0.25) is 0 Å². The van der Waals surface area contributed by atoms with Gasteiger partial charge in [0.15, 0.2) is 0 Å². The Morgan fingerprint density at radius 2 is 2.31 bits per heavy atom. The van der Waals surface area contributed by atoms with Crippen LogP contribution in [0.3, 0.4) is 0 Å². The number of ether oxygens (including phenoxy) is 1. The van der Waals surface area contributed by atoms with Gasteiger partial charge < -0.3 is 10.1 Å². The quantitative estimate of drug-likeness (QED) is 0.589. The van der Waals surface area contributed by atoms with Crippen LogP contribution in [0.1, 0.15) is 29.5 Å². The molecule has 0 saturated carbocycles. The third-order valence-electron chi connectivity index (χ3n) is 2.14. The molecule has 0 bridgehead atoms. The minimum atomic E-state index is -0.101. The highest BCUT2D eigenvalue weighted by molar-refractivity contribution is 7.11. The molecule has 0 unspecified atom stereocenters. The molecule has 0 saturated heterocycles. The lowest BCUT2D eigenvalue weighted by Gasteiger charge is -2.03. The van der Waals surface area contributed by atoms with Gasteiger partial charge in [-0.3, -0.25) is 4.79 Å². The molecule has 0 atom stereocenters. The Kier molecular flexibility index (Phi) is 6.11. The zero-order valence-electron chi connectivity index (χ0n) is 9.91. The van der Waals surface area contributed by atoms with E-state index in [0.29, 0.717) is 13.0 Å². The van der Waals surface area contributed by atoms with Crippen molar-refractivity contribution >= 4 is 17.3 Å². The summed E-state index contributed by atoms with van der Waals surface area (Å²) in [6.45, 7) is 6.15. The van der Waals surface area contributed by atoms with Gasteiger partial charge in [0.1, 0.15) is 0 Å². The number of thiophene rings is 1. The summed E-state index contributed by atoms with van der Waals surface area (Å²) in [6.07, 6.45) is 1.34. The Morgan fingerprint density at radius 1 is 1.50 bits per heavy atom. The lowest BCUT2D eigenvalue weighted by molar-refractivity contribution is -0.143. The summed E-state index contributed by atoms with van der Waals surface area (Å²) in [5.41, 5.74) is 0. The molecule has 1 aromatic heterocycles. The van der Waals surface area contributed by atoms with Crippen LogP contribution in [0.25, 0.3) is 0 Å². The summed E-state index contributed by atoms with van der Waals surface area (Å²) in [5, 5.41) is 3.32. The number of nitrogens with one attached hydrogen (secondary N) is 1. The van der Waals surface area contributed by atoms with Gasteiger partial charge in [-0.1, -0.05) is 0 Å². The van der Waals surface area contributed by atoms with Gasteiger partial charge in [0.05, 0.1) is 6.61 Å². The van der Waals surface area contributed by atoms with E-state index in [1.807, 2.05) is 6.92 Å². The molecule has 1 heterocycles. The Hall–Kier alpha value is -0.870. The van der Waals surface area contributed by atoms with Gasteiger partial charge in [0, 0.05) is 22.7 Å². The molecular formula is C12H19NO2S. The second-order valence-electron chi connectivity index (χ2n) is 3.60. The molecule has 3 nitrogen and oxygen atoms in total. The van der Waals surface area contributed by atoms with E-state index >= 15 is 0 Å². The second-order valence-corrected chi connectivity index (χ2v) is 4.97. The van der Waals surface area contributed by atoms with E-state index in [4.69, 9.17) is 4.74 Å². The Bertz CT molecular complexity index is 323. The standard InChI is InChI=1S/C12H19NO2S/c1-3-15-12(14)5-4-8-13-9-11-7-6-10(2)16-11/h6-7,13H,3-5,8-9H2,1-2H3. The first-order chi connectivity index (χ1) is 7.72. The van der Waals surface area contributed by atoms with Crippen molar-refractivity contribution in [2.45, 2.75) is 33.2 Å². The van der Waals surface area contributed by atoms with Crippen LogP contribution >= 0.6 is 11.3 Å². The number of carbonyl (C=O) groups excluding carboxylic acids is 1. The number of aryl methyl sites for hydroxylation is 1. The molecule has 1 N–H and O–H groups in total. The fourth-order valence-electron chi connectivity index (χ4n) is 1.38. The highest BCUT2D eigenvalue weighted by Gasteiger charge is 2.00. The van der Waals surface area contributed by atoms with Gasteiger partial charge in [-0.15, -0.1) is 11.3 Å². The summed E-state index contributed by atoms with van der Waals surface area (Å²) < 4.78 is 4.85. The van der Waals surface area contributed by atoms with Crippen LogP contribution in [0.5, 0.6) is 0 Å². The summed E-state index contributed by atoms with van der Waals surface area (Å²) in [7, 11) is 0. The van der Waals surface area contributed by atoms with Crippen molar-refractivity contribution < 1.29 is 9.53 Å². The third-order valence-corrected chi connectivity index (χ3v) is 3.14. The van der Waals surface area contributed by atoms with E-state index in [1.165, 1.54) is 9.75 Å². The van der Waals surface area contributed by atoms with Crippen LogP contribution in [-0.2, 0) is 16.1 Å². The van der Waals surface area contributed by atoms with E-state index in [9.17, 15) is 4.79 Å². The minimum Gasteiger partial charge on any atom is -0.466 e. The molecule has 0 radical (unpaired) electrons. The monoisotopic (exact) mass is 241 g/mol. The summed E-state index contributed by atoms with van der Waals surface area (Å²) in [6, 6.07) is 4.26. The summed E-state index contributed by atoms with van der Waals surface area (Å²) in [5.74, 6) is -0.101. The van der Waals surface area contributed by atoms with Crippen LogP contribution in [0, 0.1) is 6.92 Å². The van der Waals surface area contributed by atoms with E-state index < -0.39 is 0 Å². The molecule has 0 aliphatic carbocycles. The minimum absolute atomic E-state index is 0.101. The largest absolute Gasteiger partial charge is 0.466 e. The molecule has 1 rings (SSSR count). The van der Waals surface area contributed by atoms with Gasteiger partial charge in [0.25, 0.3) is 0 Å². The molecule has 0 spiro atoms. The van der Waals surface area contributed by atoms with Crippen molar-refractivity contribution in [3.8, 4) is 0 Å². The SMILES string of the molecule is CCOC(=O)CCCNCc1ccc(C)s1. The lowest BCUT2D eigenvalue weighted by atomic mass is 10.3. The van der Waals surface area contributed by atoms with E-state index in [1.54, 1.807) is 11.3 Å². The first kappa shape index (κ1) is 13.2. The normalized spacial score (nSPS) is 10.4. The van der Waals surface area contributed by atoms with Gasteiger partial charge >= 0.3 is 5.97 Å². The predicted molar refractivity (Wildman–Crippen MR) is 66.6 cm³/mol. The molecule has 90 valence electrons. The smallest absolute Gasteiger partial charge is 0.305 e. The molecule has 4 heteroatoms. The number of rotatable bonds is 7. The number of hydrogen-bond acceptors (Lipinski definition) is 4. The Balaban J connectivity index is 2.02. The Labute approximate surface area is 101 Å².